The van der Waals surface area contributed by atoms with Gasteiger partial charge in [-0.3, -0.25) is 9.69 Å². The van der Waals surface area contributed by atoms with Crippen molar-refractivity contribution < 1.29 is 14.3 Å². The van der Waals surface area contributed by atoms with E-state index in [1.54, 1.807) is 12.0 Å². The first kappa shape index (κ1) is 20.9. The first-order chi connectivity index (χ1) is 13.5. The fraction of sp³-hybridized carbons (Fsp3) is 0.455. The Labute approximate surface area is 177 Å². The zero-order chi connectivity index (χ0) is 20.1. The van der Waals surface area contributed by atoms with Crippen LogP contribution in [0.2, 0.25) is 0 Å². The molecule has 0 spiro atoms. The summed E-state index contributed by atoms with van der Waals surface area (Å²) in [5.74, 6) is 1.47. The normalized spacial score (nSPS) is 20.2. The molecule has 3 rings (SSSR count). The number of fused-ring (bicyclic) bond motifs is 1. The third kappa shape index (κ3) is 4.61. The lowest BCUT2D eigenvalue weighted by molar-refractivity contribution is -0.122. The summed E-state index contributed by atoms with van der Waals surface area (Å²) in [7, 11) is 1.64. The van der Waals surface area contributed by atoms with E-state index < -0.39 is 0 Å². The molecule has 6 heteroatoms. The van der Waals surface area contributed by atoms with Crippen LogP contribution in [-0.2, 0) is 4.79 Å². The van der Waals surface area contributed by atoms with Gasteiger partial charge in [-0.2, -0.15) is 0 Å². The first-order valence-electron chi connectivity index (χ1n) is 9.85. The number of para-hydroxylation sites is 1. The number of rotatable bonds is 8. The van der Waals surface area contributed by atoms with Crippen LogP contribution >= 0.6 is 24.0 Å². The van der Waals surface area contributed by atoms with Crippen molar-refractivity contribution in [1.82, 2.24) is 4.90 Å². The highest BCUT2D eigenvalue weighted by Crippen LogP contribution is 2.39. The van der Waals surface area contributed by atoms with Gasteiger partial charge in [0.2, 0.25) is 0 Å². The number of unbranched alkanes of at least 4 members (excludes halogenated alkanes) is 4. The molecule has 1 fully saturated rings. The molecule has 2 aliphatic heterocycles. The maximum absolute atomic E-state index is 12.8. The van der Waals surface area contributed by atoms with Crippen molar-refractivity contribution in [3.05, 3.63) is 40.3 Å². The van der Waals surface area contributed by atoms with Gasteiger partial charge in [-0.05, 0) is 37.1 Å². The smallest absolute Gasteiger partial charge is 0.266 e. The van der Waals surface area contributed by atoms with E-state index in [1.165, 1.54) is 31.0 Å². The Kier molecular flexibility index (Phi) is 7.18. The first-order valence-corrected chi connectivity index (χ1v) is 11.1. The molecule has 1 unspecified atom stereocenters. The highest BCUT2D eigenvalue weighted by Gasteiger charge is 2.32. The molecule has 0 N–H and O–H groups in total. The molecule has 2 heterocycles. The lowest BCUT2D eigenvalue weighted by atomic mass is 10.0. The van der Waals surface area contributed by atoms with E-state index in [2.05, 4.69) is 13.0 Å². The van der Waals surface area contributed by atoms with Gasteiger partial charge in [-0.15, -0.1) is 0 Å². The molecule has 0 saturated carbocycles. The summed E-state index contributed by atoms with van der Waals surface area (Å²) >= 11 is 6.83. The van der Waals surface area contributed by atoms with E-state index in [4.69, 9.17) is 21.7 Å². The highest BCUT2D eigenvalue weighted by molar-refractivity contribution is 8.26. The summed E-state index contributed by atoms with van der Waals surface area (Å²) in [6.45, 7) is 4.88. The van der Waals surface area contributed by atoms with E-state index in [-0.39, 0.29) is 12.0 Å². The quantitative estimate of drug-likeness (QED) is 0.314. The molecule has 1 aromatic rings. The predicted octanol–water partition coefficient (Wildman–Crippen LogP) is 5.57. The molecule has 4 nitrogen and oxygen atoms in total. The average Bonchev–Trinajstić information content (AvgIpc) is 2.95. The Morgan fingerprint density at radius 1 is 1.29 bits per heavy atom. The predicted molar refractivity (Wildman–Crippen MR) is 120 cm³/mol. The Bertz CT molecular complexity index is 816. The molecule has 1 saturated heterocycles. The lowest BCUT2D eigenvalue weighted by Crippen LogP contribution is -2.29. The van der Waals surface area contributed by atoms with Gasteiger partial charge in [-0.1, -0.05) is 68.7 Å². The number of thioether (sulfide) groups is 1. The van der Waals surface area contributed by atoms with E-state index in [0.717, 1.165) is 29.7 Å². The minimum Gasteiger partial charge on any atom is -0.493 e. The molecule has 0 aliphatic carbocycles. The lowest BCUT2D eigenvalue weighted by Gasteiger charge is -2.24. The Balaban J connectivity index is 1.73. The Hall–Kier alpha value is -1.79. The third-order valence-electron chi connectivity index (χ3n) is 4.97. The standard InChI is InChI=1S/C22H27NO3S2/c1-4-5-6-7-8-12-23-21(24)19(28-22(23)27)14-17-13-16-10-9-11-18(25-3)20(16)26-15(17)2/h9-11,13-15H,4-8,12H2,1-3H3/b19-14+. The van der Waals surface area contributed by atoms with Crippen molar-refractivity contribution in [3.8, 4) is 11.5 Å². The maximum atomic E-state index is 12.8. The summed E-state index contributed by atoms with van der Waals surface area (Å²) < 4.78 is 12.1. The summed E-state index contributed by atoms with van der Waals surface area (Å²) in [6.07, 6.45) is 9.62. The zero-order valence-electron chi connectivity index (χ0n) is 16.7. The largest absolute Gasteiger partial charge is 0.493 e. The molecule has 2 aliphatic rings. The number of hydrogen-bond acceptors (Lipinski definition) is 5. The van der Waals surface area contributed by atoms with E-state index >= 15 is 0 Å². The van der Waals surface area contributed by atoms with Crippen LogP contribution in [-0.4, -0.2) is 34.9 Å². The molecule has 0 radical (unpaired) electrons. The van der Waals surface area contributed by atoms with Crippen LogP contribution in [0.25, 0.3) is 6.08 Å². The molecular formula is C22H27NO3S2. The van der Waals surface area contributed by atoms with Gasteiger partial charge in [0.15, 0.2) is 11.5 Å². The summed E-state index contributed by atoms with van der Waals surface area (Å²) in [6, 6.07) is 5.80. The fourth-order valence-electron chi connectivity index (χ4n) is 3.35. The van der Waals surface area contributed by atoms with Crippen molar-refractivity contribution in [2.45, 2.75) is 52.1 Å². The number of carbonyl (C=O) groups is 1. The average molecular weight is 418 g/mol. The molecule has 28 heavy (non-hydrogen) atoms. The molecule has 1 aromatic carbocycles. The maximum Gasteiger partial charge on any atom is 0.266 e. The second-order valence-electron chi connectivity index (χ2n) is 7.03. The summed E-state index contributed by atoms with van der Waals surface area (Å²) in [5, 5.41) is 0. The Morgan fingerprint density at radius 3 is 2.82 bits per heavy atom. The van der Waals surface area contributed by atoms with E-state index in [9.17, 15) is 4.79 Å². The monoisotopic (exact) mass is 417 g/mol. The van der Waals surface area contributed by atoms with Gasteiger partial charge >= 0.3 is 0 Å². The SMILES string of the molecule is CCCCCCCN1C(=O)/C(=C\C2=Cc3cccc(OC)c3OC2C)SC1=S. The van der Waals surface area contributed by atoms with Gasteiger partial charge < -0.3 is 9.47 Å². The molecule has 150 valence electrons. The van der Waals surface area contributed by atoms with Crippen LogP contribution in [0.1, 0.15) is 51.5 Å². The fourth-order valence-corrected chi connectivity index (χ4v) is 4.66. The van der Waals surface area contributed by atoms with Crippen molar-refractivity contribution in [1.29, 1.82) is 0 Å². The second-order valence-corrected chi connectivity index (χ2v) is 8.71. The number of methoxy groups -OCH3 is 1. The van der Waals surface area contributed by atoms with Crippen LogP contribution in [0.4, 0.5) is 0 Å². The number of benzene rings is 1. The second kappa shape index (κ2) is 9.61. The zero-order valence-corrected chi connectivity index (χ0v) is 18.3. The summed E-state index contributed by atoms with van der Waals surface area (Å²) in [5.41, 5.74) is 1.92. The van der Waals surface area contributed by atoms with E-state index in [0.29, 0.717) is 21.5 Å². The van der Waals surface area contributed by atoms with Crippen molar-refractivity contribution >= 4 is 40.3 Å². The van der Waals surface area contributed by atoms with Crippen LogP contribution in [0.15, 0.2) is 34.8 Å². The minimum absolute atomic E-state index is 0.00929. The van der Waals surface area contributed by atoms with Crippen molar-refractivity contribution in [2.24, 2.45) is 0 Å². The number of nitrogens with zero attached hydrogens (tertiary/aromatic N) is 1. The topological polar surface area (TPSA) is 38.8 Å². The minimum atomic E-state index is -0.165. The van der Waals surface area contributed by atoms with Crippen LogP contribution in [0.3, 0.4) is 0 Å². The van der Waals surface area contributed by atoms with Crippen molar-refractivity contribution in [3.63, 3.8) is 0 Å². The van der Waals surface area contributed by atoms with Crippen molar-refractivity contribution in [2.75, 3.05) is 13.7 Å². The van der Waals surface area contributed by atoms with Gasteiger partial charge in [0.25, 0.3) is 5.91 Å². The molecule has 1 atom stereocenters. The third-order valence-corrected chi connectivity index (χ3v) is 6.35. The number of hydrogen-bond donors (Lipinski definition) is 0. The molecular weight excluding hydrogens is 390 g/mol. The Morgan fingerprint density at radius 2 is 2.07 bits per heavy atom. The summed E-state index contributed by atoms with van der Waals surface area (Å²) in [4.78, 5) is 15.2. The van der Waals surface area contributed by atoms with Gasteiger partial charge in [0.05, 0.1) is 12.0 Å². The number of carbonyl (C=O) groups excluding carboxylic acids is 1. The highest BCUT2D eigenvalue weighted by atomic mass is 32.2. The van der Waals surface area contributed by atoms with Crippen LogP contribution in [0.5, 0.6) is 11.5 Å². The molecule has 0 bridgehead atoms. The van der Waals surface area contributed by atoms with Crippen LogP contribution < -0.4 is 9.47 Å². The van der Waals surface area contributed by atoms with Gasteiger partial charge in [0.1, 0.15) is 10.4 Å². The number of ether oxygens (including phenoxy) is 2. The number of amides is 1. The van der Waals surface area contributed by atoms with Gasteiger partial charge in [0, 0.05) is 12.1 Å². The van der Waals surface area contributed by atoms with Crippen LogP contribution in [0, 0.1) is 0 Å². The molecule has 1 amide bonds. The van der Waals surface area contributed by atoms with E-state index in [1.807, 2.05) is 31.2 Å². The van der Waals surface area contributed by atoms with Gasteiger partial charge in [-0.25, -0.2) is 0 Å². The molecule has 0 aromatic heterocycles. The number of thiocarbonyl (C=S) groups is 1.